The van der Waals surface area contributed by atoms with E-state index in [9.17, 15) is 9.90 Å². The van der Waals surface area contributed by atoms with Crippen LogP contribution in [0.3, 0.4) is 0 Å². The van der Waals surface area contributed by atoms with Gasteiger partial charge in [0, 0.05) is 28.2 Å². The Balaban J connectivity index is 1.23. The fraction of sp³-hybridized carbons (Fsp3) is 0.526. The van der Waals surface area contributed by atoms with Crippen molar-refractivity contribution >= 4 is 23.3 Å². The summed E-state index contributed by atoms with van der Waals surface area (Å²) in [4.78, 5) is 17.5. The number of hydrogen-bond acceptors (Lipinski definition) is 6. The molecule has 46 heavy (non-hydrogen) atoms. The summed E-state index contributed by atoms with van der Waals surface area (Å²) >= 11 is 6.26. The number of aromatic nitrogens is 1. The number of ether oxygens (including phenoxy) is 2. The molecule has 1 heterocycles. The Kier molecular flexibility index (Phi) is 9.81. The minimum atomic E-state index is -1.05. The molecule has 4 N–H and O–H groups in total. The van der Waals surface area contributed by atoms with Crippen molar-refractivity contribution in [2.45, 2.75) is 94.9 Å². The van der Waals surface area contributed by atoms with E-state index in [0.29, 0.717) is 55.4 Å². The van der Waals surface area contributed by atoms with Crippen molar-refractivity contribution in [3.8, 4) is 11.5 Å². The molecular weight excluding hydrogens is 598 g/mol. The summed E-state index contributed by atoms with van der Waals surface area (Å²) in [5, 5.41) is 14.5. The van der Waals surface area contributed by atoms with Crippen molar-refractivity contribution in [2.75, 3.05) is 25.1 Å². The largest absolute Gasteiger partial charge is 0.494 e. The van der Waals surface area contributed by atoms with Crippen LogP contribution in [0, 0.1) is 11.8 Å². The van der Waals surface area contributed by atoms with Crippen molar-refractivity contribution < 1.29 is 19.4 Å². The van der Waals surface area contributed by atoms with Crippen molar-refractivity contribution in [2.24, 2.45) is 17.6 Å². The van der Waals surface area contributed by atoms with Crippen LogP contribution in [0.15, 0.2) is 54.7 Å². The van der Waals surface area contributed by atoms with Gasteiger partial charge in [0.15, 0.2) is 0 Å². The van der Waals surface area contributed by atoms with Gasteiger partial charge in [-0.15, -0.1) is 0 Å². The van der Waals surface area contributed by atoms with Gasteiger partial charge in [-0.25, -0.2) is 4.79 Å². The van der Waals surface area contributed by atoms with Gasteiger partial charge in [0.05, 0.1) is 13.2 Å². The van der Waals surface area contributed by atoms with E-state index >= 15 is 0 Å². The maximum absolute atomic E-state index is 12.9. The molecule has 8 heteroatoms. The molecule has 1 saturated carbocycles. The summed E-state index contributed by atoms with van der Waals surface area (Å²) < 4.78 is 12.7. The number of anilines is 1. The van der Waals surface area contributed by atoms with Crippen molar-refractivity contribution in [3.63, 3.8) is 0 Å². The number of nitrogens with zero attached hydrogens (tertiary/aromatic N) is 1. The highest BCUT2D eigenvalue weighted by Crippen LogP contribution is 2.56. The number of carbonyl (C=O) groups is 1. The van der Waals surface area contributed by atoms with E-state index in [-0.39, 0.29) is 5.41 Å². The molecular formula is C38H48ClN3O4. The molecule has 1 aromatic heterocycles. The molecule has 246 valence electrons. The Bertz CT molecular complexity index is 1540. The second kappa shape index (κ2) is 13.8. The fourth-order valence-corrected chi connectivity index (χ4v) is 8.63. The highest BCUT2D eigenvalue weighted by atomic mass is 35.5. The first-order valence-electron chi connectivity index (χ1n) is 17.1. The Hall–Kier alpha value is -3.29. The van der Waals surface area contributed by atoms with Gasteiger partial charge in [-0.1, -0.05) is 37.6 Å². The van der Waals surface area contributed by atoms with Gasteiger partial charge < -0.3 is 25.6 Å². The number of aliphatic carboxylic acids is 1. The number of aryl methyl sites for hydroxylation is 1. The van der Waals surface area contributed by atoms with Crippen molar-refractivity contribution in [3.05, 3.63) is 82.1 Å². The number of halogens is 1. The zero-order valence-corrected chi connectivity index (χ0v) is 28.0. The lowest BCUT2D eigenvalue weighted by Crippen LogP contribution is -2.53. The van der Waals surface area contributed by atoms with Gasteiger partial charge in [-0.2, -0.15) is 0 Å². The first kappa shape index (κ1) is 32.6. The molecule has 0 radical (unpaired) electrons. The molecule has 0 aliphatic heterocycles. The molecule has 0 saturated heterocycles. The molecule has 6 rings (SSSR count). The quantitative estimate of drug-likeness (QED) is 0.172. The second-order valence-electron chi connectivity index (χ2n) is 14.0. The topological polar surface area (TPSA) is 107 Å². The van der Waals surface area contributed by atoms with Gasteiger partial charge in [0.25, 0.3) is 0 Å². The number of nitrogens with two attached hydrogens (primary N) is 1. The summed E-state index contributed by atoms with van der Waals surface area (Å²) in [6.07, 6.45) is 10.7. The molecule has 7 nitrogen and oxygen atoms in total. The standard InChI is InChI=1S/C38H48ClN3O4/c1-25(24-46-34-12-18-41-33-9-3-6-26(2)35(33)34)20-28-21-27-10-11-31(45-19-5-17-40)23-32(27)37(28)13-15-38(16-14-37,36(43)44)42-30-8-4-7-29(39)22-30/h4,7-8,10-12,18,22-23,25-26,28,42H,3,5-6,9,13-17,19-21,24,40H2,1-2H3,(H,43,44)/t25-,26-,28+,37?,38?/m1/s1. The number of carboxylic acids is 1. The highest BCUT2D eigenvalue weighted by molar-refractivity contribution is 6.30. The third kappa shape index (κ3) is 6.59. The monoisotopic (exact) mass is 645 g/mol. The van der Waals surface area contributed by atoms with E-state index in [1.54, 1.807) is 12.1 Å². The molecule has 2 aromatic carbocycles. The van der Waals surface area contributed by atoms with Crippen LogP contribution < -0.4 is 20.5 Å². The highest BCUT2D eigenvalue weighted by Gasteiger charge is 2.54. The van der Waals surface area contributed by atoms with Gasteiger partial charge in [-0.3, -0.25) is 4.98 Å². The van der Waals surface area contributed by atoms with Crippen LogP contribution in [0.1, 0.15) is 93.5 Å². The van der Waals surface area contributed by atoms with Crippen molar-refractivity contribution in [1.29, 1.82) is 0 Å². The molecule has 0 bridgehead atoms. The van der Waals surface area contributed by atoms with Crippen LogP contribution in [0.25, 0.3) is 0 Å². The number of carboxylic acid groups (broad SMARTS) is 1. The normalized spacial score (nSPS) is 25.8. The van der Waals surface area contributed by atoms with Crippen molar-refractivity contribution in [1.82, 2.24) is 4.98 Å². The third-order valence-corrected chi connectivity index (χ3v) is 11.1. The summed E-state index contributed by atoms with van der Waals surface area (Å²) in [6.45, 7) is 6.40. The summed E-state index contributed by atoms with van der Waals surface area (Å²) in [7, 11) is 0. The van der Waals surface area contributed by atoms with E-state index in [1.165, 1.54) is 35.2 Å². The average Bonchev–Trinajstić information content (AvgIpc) is 3.32. The van der Waals surface area contributed by atoms with Crippen LogP contribution in [-0.4, -0.2) is 41.4 Å². The van der Waals surface area contributed by atoms with Crippen LogP contribution >= 0.6 is 11.6 Å². The maximum atomic E-state index is 12.9. The zero-order chi connectivity index (χ0) is 32.3. The second-order valence-corrected chi connectivity index (χ2v) is 14.4. The minimum Gasteiger partial charge on any atom is -0.494 e. The number of hydrogen-bond donors (Lipinski definition) is 3. The molecule has 3 aliphatic rings. The SMILES string of the molecule is C[C@@H](COc1ccnc2c1[C@H](C)CCC2)C[C@H]1Cc2ccc(OCCCN)cc2C12CCC(Nc1cccc(Cl)c1)(C(=O)O)CC2. The lowest BCUT2D eigenvalue weighted by atomic mass is 9.59. The lowest BCUT2D eigenvalue weighted by Gasteiger charge is -2.47. The molecule has 3 atom stereocenters. The van der Waals surface area contributed by atoms with E-state index in [4.69, 9.17) is 26.8 Å². The third-order valence-electron chi connectivity index (χ3n) is 10.9. The predicted molar refractivity (Wildman–Crippen MR) is 183 cm³/mol. The van der Waals surface area contributed by atoms with E-state index in [2.05, 4.69) is 42.3 Å². The minimum absolute atomic E-state index is 0.129. The number of nitrogens with one attached hydrogen (secondary N) is 1. The first-order chi connectivity index (χ1) is 22.2. The number of fused-ring (bicyclic) bond motifs is 3. The van der Waals surface area contributed by atoms with Crippen LogP contribution in [0.2, 0.25) is 5.02 Å². The summed E-state index contributed by atoms with van der Waals surface area (Å²) in [5.41, 5.74) is 10.4. The Morgan fingerprint density at radius 2 is 1.98 bits per heavy atom. The van der Waals surface area contributed by atoms with Gasteiger partial charge in [0.2, 0.25) is 0 Å². The van der Waals surface area contributed by atoms with Crippen LogP contribution in [0.5, 0.6) is 11.5 Å². The zero-order valence-electron chi connectivity index (χ0n) is 27.2. The molecule has 0 unspecified atom stereocenters. The average molecular weight is 646 g/mol. The molecule has 1 spiro atoms. The molecule has 3 aliphatic carbocycles. The Labute approximate surface area is 278 Å². The summed E-state index contributed by atoms with van der Waals surface area (Å²) in [5.74, 6) is 2.22. The molecule has 0 amide bonds. The maximum Gasteiger partial charge on any atom is 0.329 e. The smallest absolute Gasteiger partial charge is 0.329 e. The lowest BCUT2D eigenvalue weighted by molar-refractivity contribution is -0.144. The van der Waals surface area contributed by atoms with Crippen LogP contribution in [-0.2, 0) is 23.1 Å². The molecule has 3 aromatic rings. The number of rotatable bonds is 12. The first-order valence-corrected chi connectivity index (χ1v) is 17.4. The van der Waals surface area contributed by atoms with Gasteiger partial charge >= 0.3 is 5.97 Å². The van der Waals surface area contributed by atoms with E-state index < -0.39 is 11.5 Å². The van der Waals surface area contributed by atoms with Gasteiger partial charge in [0.1, 0.15) is 17.0 Å². The fourth-order valence-electron chi connectivity index (χ4n) is 8.44. The molecule has 1 fully saturated rings. The number of pyridine rings is 1. The Morgan fingerprint density at radius 3 is 2.74 bits per heavy atom. The van der Waals surface area contributed by atoms with E-state index in [1.807, 2.05) is 24.4 Å². The van der Waals surface area contributed by atoms with E-state index in [0.717, 1.165) is 55.7 Å². The predicted octanol–water partition coefficient (Wildman–Crippen LogP) is 7.93. The summed E-state index contributed by atoms with van der Waals surface area (Å²) in [6, 6.07) is 15.9. The number of benzene rings is 2. The Morgan fingerprint density at radius 1 is 1.15 bits per heavy atom. The van der Waals surface area contributed by atoms with Gasteiger partial charge in [-0.05, 0) is 141 Å². The van der Waals surface area contributed by atoms with Crippen LogP contribution in [0.4, 0.5) is 5.69 Å².